The molecule has 0 aliphatic heterocycles. The zero-order valence-corrected chi connectivity index (χ0v) is 11.5. The average Bonchev–Trinajstić information content (AvgIpc) is 2.46. The topological polar surface area (TPSA) is 54.0 Å². The Morgan fingerprint density at radius 1 is 1.33 bits per heavy atom. The Balaban J connectivity index is 1.91. The van der Waals surface area contributed by atoms with Crippen molar-refractivity contribution in [2.24, 2.45) is 0 Å². The molecule has 1 aromatic heterocycles. The van der Waals surface area contributed by atoms with Crippen molar-refractivity contribution in [3.8, 4) is 0 Å². The summed E-state index contributed by atoms with van der Waals surface area (Å²) in [5, 5.41) is 5.76. The molecule has 108 valence electrons. The smallest absolute Gasteiger partial charge is 0.229 e. The van der Waals surface area contributed by atoms with E-state index >= 15 is 0 Å². The zero-order valence-electron chi connectivity index (χ0n) is 11.5. The first-order valence-corrected chi connectivity index (χ1v) is 6.52. The van der Waals surface area contributed by atoms with Gasteiger partial charge in [0.1, 0.15) is 11.6 Å². The highest BCUT2D eigenvalue weighted by atomic mass is 19.1. The van der Waals surface area contributed by atoms with Gasteiger partial charge < -0.3 is 10.6 Å². The van der Waals surface area contributed by atoms with Crippen LogP contribution in [0.3, 0.4) is 0 Å². The molecule has 0 saturated carbocycles. The van der Waals surface area contributed by atoms with Gasteiger partial charge in [-0.3, -0.25) is 4.79 Å². The van der Waals surface area contributed by atoms with Crippen LogP contribution in [0.15, 0.2) is 55.3 Å². The van der Waals surface area contributed by atoms with E-state index in [2.05, 4.69) is 22.2 Å². The average molecular weight is 285 g/mol. The molecule has 0 unspecified atom stereocenters. The van der Waals surface area contributed by atoms with Crippen LogP contribution < -0.4 is 10.6 Å². The number of amides is 1. The number of hydrogen-bond acceptors (Lipinski definition) is 3. The van der Waals surface area contributed by atoms with Crippen LogP contribution in [0, 0.1) is 5.82 Å². The van der Waals surface area contributed by atoms with E-state index in [0.717, 1.165) is 5.69 Å². The van der Waals surface area contributed by atoms with Crippen molar-refractivity contribution in [1.82, 2.24) is 4.98 Å². The molecule has 0 aliphatic rings. The highest BCUT2D eigenvalue weighted by Gasteiger charge is 2.05. The van der Waals surface area contributed by atoms with Crippen molar-refractivity contribution in [1.29, 1.82) is 0 Å². The normalized spacial score (nSPS) is 9.95. The van der Waals surface area contributed by atoms with Crippen LogP contribution in [0.4, 0.5) is 15.9 Å². The summed E-state index contributed by atoms with van der Waals surface area (Å²) in [6.45, 7) is 4.26. The minimum absolute atomic E-state index is 0.107. The highest BCUT2D eigenvalue weighted by Crippen LogP contribution is 2.10. The molecule has 2 N–H and O–H groups in total. The first-order chi connectivity index (χ1) is 10.2. The van der Waals surface area contributed by atoms with Crippen LogP contribution in [0.2, 0.25) is 0 Å². The molecule has 2 rings (SSSR count). The lowest BCUT2D eigenvalue weighted by Gasteiger charge is -2.06. The van der Waals surface area contributed by atoms with Crippen LogP contribution in [0.5, 0.6) is 0 Å². The van der Waals surface area contributed by atoms with Gasteiger partial charge in [-0.1, -0.05) is 18.2 Å². The molecule has 5 heteroatoms. The van der Waals surface area contributed by atoms with Gasteiger partial charge in [0.15, 0.2) is 0 Å². The molecule has 4 nitrogen and oxygen atoms in total. The maximum atomic E-state index is 13.0. The van der Waals surface area contributed by atoms with Crippen LogP contribution in [-0.4, -0.2) is 17.4 Å². The van der Waals surface area contributed by atoms with Crippen molar-refractivity contribution < 1.29 is 9.18 Å². The van der Waals surface area contributed by atoms with Crippen molar-refractivity contribution in [2.45, 2.75) is 6.42 Å². The molecule has 0 radical (unpaired) electrons. The number of nitrogens with zero attached hydrogens (tertiary/aromatic N) is 1. The molecule has 1 aromatic carbocycles. The minimum Gasteiger partial charge on any atom is -0.380 e. The third kappa shape index (κ3) is 4.72. The number of carbonyl (C=O) groups excluding carboxylic acids is 1. The van der Waals surface area contributed by atoms with Crippen molar-refractivity contribution in [2.75, 3.05) is 17.2 Å². The Morgan fingerprint density at radius 3 is 2.86 bits per heavy atom. The van der Waals surface area contributed by atoms with Gasteiger partial charge in [-0.15, -0.1) is 6.58 Å². The third-order valence-corrected chi connectivity index (χ3v) is 2.74. The Hall–Kier alpha value is -2.69. The number of aromatic nitrogens is 1. The first kappa shape index (κ1) is 14.7. The fraction of sp³-hybridized carbons (Fsp3) is 0.125. The highest BCUT2D eigenvalue weighted by molar-refractivity contribution is 5.91. The summed E-state index contributed by atoms with van der Waals surface area (Å²) in [5.74, 6) is -0.128. The van der Waals surface area contributed by atoms with Crippen LogP contribution >= 0.6 is 0 Å². The fourth-order valence-electron chi connectivity index (χ4n) is 1.78. The molecule has 1 heterocycles. The molecule has 2 aromatic rings. The molecule has 0 aliphatic carbocycles. The lowest BCUT2D eigenvalue weighted by atomic mass is 10.1. The van der Waals surface area contributed by atoms with Gasteiger partial charge in [-0.05, 0) is 29.8 Å². The molecule has 0 fully saturated rings. The van der Waals surface area contributed by atoms with E-state index in [0.29, 0.717) is 17.9 Å². The van der Waals surface area contributed by atoms with Crippen molar-refractivity contribution >= 4 is 17.4 Å². The third-order valence-electron chi connectivity index (χ3n) is 2.74. The maximum absolute atomic E-state index is 13.0. The quantitative estimate of drug-likeness (QED) is 0.802. The Bertz CT molecular complexity index is 626. The summed E-state index contributed by atoms with van der Waals surface area (Å²) in [6, 6.07) is 9.49. The molecular weight excluding hydrogens is 269 g/mol. The van der Waals surface area contributed by atoms with Crippen molar-refractivity contribution in [3.05, 3.63) is 66.6 Å². The Labute approximate surface area is 122 Å². The second kappa shape index (κ2) is 7.19. The van der Waals surface area contributed by atoms with Crippen molar-refractivity contribution in [3.63, 3.8) is 0 Å². The first-order valence-electron chi connectivity index (χ1n) is 6.52. The van der Waals surface area contributed by atoms with Gasteiger partial charge in [0.25, 0.3) is 0 Å². The Kier molecular flexibility index (Phi) is 5.04. The molecule has 0 saturated heterocycles. The molecule has 21 heavy (non-hydrogen) atoms. The number of benzene rings is 1. The van der Waals surface area contributed by atoms with Crippen LogP contribution in [0.25, 0.3) is 0 Å². The lowest BCUT2D eigenvalue weighted by molar-refractivity contribution is -0.115. The number of halogens is 1. The van der Waals surface area contributed by atoms with Gasteiger partial charge in [0.2, 0.25) is 5.91 Å². The van der Waals surface area contributed by atoms with E-state index < -0.39 is 0 Å². The Morgan fingerprint density at radius 2 is 2.19 bits per heavy atom. The molecule has 0 atom stereocenters. The van der Waals surface area contributed by atoms with E-state index in [-0.39, 0.29) is 18.1 Å². The summed E-state index contributed by atoms with van der Waals surface area (Å²) in [7, 11) is 0. The number of pyridine rings is 1. The van der Waals surface area contributed by atoms with Gasteiger partial charge in [0, 0.05) is 6.54 Å². The zero-order chi connectivity index (χ0) is 15.1. The molecular formula is C16H16FN3O. The molecule has 0 spiro atoms. The number of anilines is 2. The van der Waals surface area contributed by atoms with E-state index in [1.165, 1.54) is 12.1 Å². The predicted octanol–water partition coefficient (Wildman–Crippen LogP) is 3.00. The molecule has 0 bridgehead atoms. The fourth-order valence-corrected chi connectivity index (χ4v) is 1.78. The molecule has 1 amide bonds. The van der Waals surface area contributed by atoms with E-state index in [1.54, 1.807) is 30.5 Å². The van der Waals surface area contributed by atoms with Crippen LogP contribution in [0.1, 0.15) is 5.56 Å². The van der Waals surface area contributed by atoms with Gasteiger partial charge >= 0.3 is 0 Å². The predicted molar refractivity (Wildman–Crippen MR) is 81.7 cm³/mol. The number of rotatable bonds is 6. The second-order valence-corrected chi connectivity index (χ2v) is 4.46. The summed E-state index contributed by atoms with van der Waals surface area (Å²) in [6.07, 6.45) is 3.48. The minimum atomic E-state index is -0.351. The van der Waals surface area contributed by atoms with Gasteiger partial charge in [-0.2, -0.15) is 0 Å². The second-order valence-electron chi connectivity index (χ2n) is 4.46. The number of carbonyl (C=O) groups is 1. The SMILES string of the molecule is C=CCNc1ccc(NC(=O)Cc2cccc(F)c2)nc1. The monoisotopic (exact) mass is 285 g/mol. The maximum Gasteiger partial charge on any atom is 0.229 e. The number of hydrogen-bond donors (Lipinski definition) is 2. The summed E-state index contributed by atoms with van der Waals surface area (Å²) in [5.41, 5.74) is 1.47. The van der Waals surface area contributed by atoms with Gasteiger partial charge in [0.05, 0.1) is 18.3 Å². The van der Waals surface area contributed by atoms with Crippen LogP contribution in [-0.2, 0) is 11.2 Å². The summed E-state index contributed by atoms with van der Waals surface area (Å²) in [4.78, 5) is 16.0. The summed E-state index contributed by atoms with van der Waals surface area (Å²) >= 11 is 0. The van der Waals surface area contributed by atoms with E-state index in [4.69, 9.17) is 0 Å². The van der Waals surface area contributed by atoms with E-state index in [9.17, 15) is 9.18 Å². The number of nitrogens with one attached hydrogen (secondary N) is 2. The standard InChI is InChI=1S/C16H16FN3O/c1-2-8-18-14-6-7-15(19-11-14)20-16(21)10-12-4-3-5-13(17)9-12/h2-7,9,11,18H,1,8,10H2,(H,19,20,21). The van der Waals surface area contributed by atoms with Gasteiger partial charge in [-0.25, -0.2) is 9.37 Å². The largest absolute Gasteiger partial charge is 0.380 e. The summed E-state index contributed by atoms with van der Waals surface area (Å²) < 4.78 is 13.0. The lowest BCUT2D eigenvalue weighted by Crippen LogP contribution is -2.15. The van der Waals surface area contributed by atoms with E-state index in [1.807, 2.05) is 6.07 Å².